The summed E-state index contributed by atoms with van der Waals surface area (Å²) in [6, 6.07) is 7.16. The minimum Gasteiger partial charge on any atom is -0.387 e. The number of rotatable bonds is 3. The third-order valence-electron chi connectivity index (χ3n) is 2.53. The standard InChI is InChI=1S/C12H13NO3S/c1-17(15,16)8-12(14)11-4-2-3-9-7-13-6-5-10(9)11/h2-7,12,14H,8H2,1H3. The molecule has 0 spiro atoms. The van der Waals surface area contributed by atoms with Crippen LogP contribution in [0.3, 0.4) is 0 Å². The molecule has 0 saturated heterocycles. The molecule has 1 atom stereocenters. The number of hydrogen-bond acceptors (Lipinski definition) is 4. The average Bonchev–Trinajstić information content (AvgIpc) is 2.26. The van der Waals surface area contributed by atoms with Crippen molar-refractivity contribution in [3.05, 3.63) is 42.2 Å². The predicted molar refractivity (Wildman–Crippen MR) is 66.4 cm³/mol. The third-order valence-corrected chi connectivity index (χ3v) is 3.46. The van der Waals surface area contributed by atoms with E-state index in [1.54, 1.807) is 30.6 Å². The van der Waals surface area contributed by atoms with E-state index in [-0.39, 0.29) is 5.75 Å². The zero-order valence-electron chi connectivity index (χ0n) is 9.37. The molecule has 2 aromatic rings. The van der Waals surface area contributed by atoms with Crippen LogP contribution in [0.15, 0.2) is 36.7 Å². The number of pyridine rings is 1. The first-order chi connectivity index (χ1) is 7.97. The number of benzene rings is 1. The molecule has 0 aliphatic carbocycles. The number of nitrogens with zero attached hydrogens (tertiary/aromatic N) is 1. The first-order valence-electron chi connectivity index (χ1n) is 5.16. The highest BCUT2D eigenvalue weighted by molar-refractivity contribution is 7.90. The summed E-state index contributed by atoms with van der Waals surface area (Å²) < 4.78 is 22.4. The first kappa shape index (κ1) is 12.0. The Morgan fingerprint density at radius 3 is 2.82 bits per heavy atom. The Morgan fingerprint density at radius 2 is 2.12 bits per heavy atom. The minimum atomic E-state index is -3.21. The molecule has 17 heavy (non-hydrogen) atoms. The van der Waals surface area contributed by atoms with E-state index in [1.165, 1.54) is 0 Å². The van der Waals surface area contributed by atoms with Gasteiger partial charge in [-0.15, -0.1) is 0 Å². The van der Waals surface area contributed by atoms with Gasteiger partial charge < -0.3 is 5.11 Å². The van der Waals surface area contributed by atoms with Gasteiger partial charge in [-0.25, -0.2) is 8.42 Å². The highest BCUT2D eigenvalue weighted by Gasteiger charge is 2.16. The van der Waals surface area contributed by atoms with Crippen molar-refractivity contribution in [3.8, 4) is 0 Å². The summed E-state index contributed by atoms with van der Waals surface area (Å²) in [5, 5.41) is 11.7. The quantitative estimate of drug-likeness (QED) is 0.893. The van der Waals surface area contributed by atoms with Gasteiger partial charge in [0, 0.05) is 24.0 Å². The fourth-order valence-corrected chi connectivity index (χ4v) is 2.57. The Hall–Kier alpha value is -1.46. The number of hydrogen-bond donors (Lipinski definition) is 1. The van der Waals surface area contributed by atoms with E-state index in [4.69, 9.17) is 0 Å². The van der Waals surface area contributed by atoms with Crippen molar-refractivity contribution in [2.45, 2.75) is 6.10 Å². The third kappa shape index (κ3) is 2.81. The predicted octanol–water partition coefficient (Wildman–Crippen LogP) is 1.31. The van der Waals surface area contributed by atoms with Gasteiger partial charge in [0.2, 0.25) is 0 Å². The lowest BCUT2D eigenvalue weighted by atomic mass is 10.0. The summed E-state index contributed by atoms with van der Waals surface area (Å²) in [5.41, 5.74) is 0.621. The molecule has 1 heterocycles. The van der Waals surface area contributed by atoms with Gasteiger partial charge in [-0.3, -0.25) is 4.98 Å². The molecule has 0 aliphatic heterocycles. The number of aliphatic hydroxyl groups is 1. The van der Waals surface area contributed by atoms with Gasteiger partial charge in [0.05, 0.1) is 11.9 Å². The maximum absolute atomic E-state index is 11.2. The molecule has 0 fully saturated rings. The molecule has 4 nitrogen and oxygen atoms in total. The fraction of sp³-hybridized carbons (Fsp3) is 0.250. The Balaban J connectivity index is 2.48. The first-order valence-corrected chi connectivity index (χ1v) is 7.22. The lowest BCUT2D eigenvalue weighted by Gasteiger charge is -2.12. The number of sulfone groups is 1. The Morgan fingerprint density at radius 1 is 1.35 bits per heavy atom. The van der Waals surface area contributed by atoms with Gasteiger partial charge in [0.15, 0.2) is 0 Å². The van der Waals surface area contributed by atoms with E-state index in [2.05, 4.69) is 4.98 Å². The van der Waals surface area contributed by atoms with Crippen molar-refractivity contribution < 1.29 is 13.5 Å². The lowest BCUT2D eigenvalue weighted by Crippen LogP contribution is -2.13. The normalized spacial score (nSPS) is 13.8. The van der Waals surface area contributed by atoms with Gasteiger partial charge in [0.25, 0.3) is 0 Å². The molecule has 0 bridgehead atoms. The second-order valence-corrected chi connectivity index (χ2v) is 6.24. The van der Waals surface area contributed by atoms with Gasteiger partial charge in [-0.05, 0) is 17.0 Å². The van der Waals surface area contributed by atoms with E-state index < -0.39 is 15.9 Å². The van der Waals surface area contributed by atoms with Gasteiger partial charge in [-0.2, -0.15) is 0 Å². The molecule has 1 unspecified atom stereocenters. The van der Waals surface area contributed by atoms with Crippen molar-refractivity contribution in [2.75, 3.05) is 12.0 Å². The second-order valence-electron chi connectivity index (χ2n) is 4.05. The summed E-state index contributed by atoms with van der Waals surface area (Å²) >= 11 is 0. The van der Waals surface area contributed by atoms with Crippen LogP contribution in [0.25, 0.3) is 10.8 Å². The van der Waals surface area contributed by atoms with E-state index in [0.29, 0.717) is 5.56 Å². The summed E-state index contributed by atoms with van der Waals surface area (Å²) in [6.07, 6.45) is 3.42. The topological polar surface area (TPSA) is 67.3 Å². The number of fused-ring (bicyclic) bond motifs is 1. The molecule has 1 aromatic carbocycles. The minimum absolute atomic E-state index is 0.269. The molecule has 0 amide bonds. The van der Waals surface area contributed by atoms with Crippen LogP contribution in [-0.4, -0.2) is 30.5 Å². The summed E-state index contributed by atoms with van der Waals surface area (Å²) in [4.78, 5) is 3.99. The van der Waals surface area contributed by atoms with Gasteiger partial charge in [0.1, 0.15) is 9.84 Å². The largest absolute Gasteiger partial charge is 0.387 e. The zero-order valence-corrected chi connectivity index (χ0v) is 10.2. The van der Waals surface area contributed by atoms with Crippen molar-refractivity contribution in [2.24, 2.45) is 0 Å². The van der Waals surface area contributed by atoms with E-state index >= 15 is 0 Å². The molecular formula is C12H13NO3S. The fourth-order valence-electron chi connectivity index (χ4n) is 1.81. The maximum atomic E-state index is 11.2. The Kier molecular flexibility index (Phi) is 3.13. The van der Waals surface area contributed by atoms with Crippen molar-refractivity contribution in [1.29, 1.82) is 0 Å². The summed E-state index contributed by atoms with van der Waals surface area (Å²) in [6.45, 7) is 0. The number of aromatic nitrogens is 1. The van der Waals surface area contributed by atoms with Crippen LogP contribution in [0.5, 0.6) is 0 Å². The van der Waals surface area contributed by atoms with Crippen LogP contribution in [0.1, 0.15) is 11.7 Å². The Bertz CT molecular complexity index is 632. The molecular weight excluding hydrogens is 238 g/mol. The molecule has 1 aromatic heterocycles. The summed E-state index contributed by atoms with van der Waals surface area (Å²) in [5.74, 6) is -0.269. The van der Waals surface area contributed by atoms with Gasteiger partial charge in [-0.1, -0.05) is 18.2 Å². The highest BCUT2D eigenvalue weighted by atomic mass is 32.2. The molecule has 2 rings (SSSR count). The number of aliphatic hydroxyl groups excluding tert-OH is 1. The zero-order chi connectivity index (χ0) is 12.5. The van der Waals surface area contributed by atoms with Crippen LogP contribution in [0.2, 0.25) is 0 Å². The van der Waals surface area contributed by atoms with Crippen LogP contribution >= 0.6 is 0 Å². The van der Waals surface area contributed by atoms with Gasteiger partial charge >= 0.3 is 0 Å². The van der Waals surface area contributed by atoms with E-state index in [9.17, 15) is 13.5 Å². The van der Waals surface area contributed by atoms with E-state index in [1.807, 2.05) is 6.07 Å². The molecule has 5 heteroatoms. The average molecular weight is 251 g/mol. The monoisotopic (exact) mass is 251 g/mol. The lowest BCUT2D eigenvalue weighted by molar-refractivity contribution is 0.203. The molecule has 1 N–H and O–H groups in total. The van der Waals surface area contributed by atoms with Crippen molar-refractivity contribution in [1.82, 2.24) is 4.98 Å². The molecule has 0 radical (unpaired) electrons. The van der Waals surface area contributed by atoms with Crippen LogP contribution < -0.4 is 0 Å². The maximum Gasteiger partial charge on any atom is 0.150 e. The molecule has 90 valence electrons. The molecule has 0 aliphatic rings. The highest BCUT2D eigenvalue weighted by Crippen LogP contribution is 2.24. The second kappa shape index (κ2) is 4.43. The Labute approximate surface area is 99.8 Å². The van der Waals surface area contributed by atoms with Crippen molar-refractivity contribution >= 4 is 20.6 Å². The van der Waals surface area contributed by atoms with Crippen LogP contribution in [0.4, 0.5) is 0 Å². The van der Waals surface area contributed by atoms with Crippen molar-refractivity contribution in [3.63, 3.8) is 0 Å². The van der Waals surface area contributed by atoms with Crippen LogP contribution in [0, 0.1) is 0 Å². The van der Waals surface area contributed by atoms with Crippen LogP contribution in [-0.2, 0) is 9.84 Å². The van der Waals surface area contributed by atoms with E-state index in [0.717, 1.165) is 17.0 Å². The smallest absolute Gasteiger partial charge is 0.150 e. The molecule has 0 saturated carbocycles. The summed E-state index contributed by atoms with van der Waals surface area (Å²) in [7, 11) is -3.21. The SMILES string of the molecule is CS(=O)(=O)CC(O)c1cccc2cnccc12.